The molecule has 2 aromatic carbocycles. The van der Waals surface area contributed by atoms with Gasteiger partial charge in [-0.3, -0.25) is 0 Å². The predicted molar refractivity (Wildman–Crippen MR) is 71.4 cm³/mol. The Hall–Kier alpha value is -1.91. The summed E-state index contributed by atoms with van der Waals surface area (Å²) >= 11 is 5.96. The fraction of sp³-hybridized carbons (Fsp3) is 0.0667. The fourth-order valence-corrected chi connectivity index (χ4v) is 1.86. The Bertz CT molecular complexity index is 582. The summed E-state index contributed by atoms with van der Waals surface area (Å²) in [6.07, 6.45) is 5.45. The highest BCUT2D eigenvalue weighted by atomic mass is 35.5. The Morgan fingerprint density at radius 2 is 1.88 bits per heavy atom. The van der Waals surface area contributed by atoms with Crippen molar-refractivity contribution in [3.05, 3.63) is 53.1 Å². The summed E-state index contributed by atoms with van der Waals surface area (Å²) in [7, 11) is 1.61. The van der Waals surface area contributed by atoms with E-state index in [-0.39, 0.29) is 0 Å². The molecule has 0 amide bonds. The summed E-state index contributed by atoms with van der Waals surface area (Å²) in [6.45, 7) is 0. The molecule has 0 spiro atoms. The number of rotatable bonds is 2. The highest BCUT2D eigenvalue weighted by molar-refractivity contribution is 6.30. The molecule has 2 heteroatoms. The lowest BCUT2D eigenvalue weighted by Crippen LogP contribution is -1.88. The second-order valence-electron chi connectivity index (χ2n) is 3.57. The first-order valence-electron chi connectivity index (χ1n) is 5.15. The van der Waals surface area contributed by atoms with Gasteiger partial charge in [0.15, 0.2) is 0 Å². The van der Waals surface area contributed by atoms with Crippen LogP contribution in [0.25, 0.3) is 11.1 Å². The van der Waals surface area contributed by atoms with Crippen LogP contribution in [0.3, 0.4) is 0 Å². The third kappa shape index (κ3) is 2.43. The zero-order valence-electron chi connectivity index (χ0n) is 9.41. The molecule has 84 valence electrons. The quantitative estimate of drug-likeness (QED) is 0.724. The second-order valence-corrected chi connectivity index (χ2v) is 4.01. The normalized spacial score (nSPS) is 9.71. The van der Waals surface area contributed by atoms with Crippen LogP contribution < -0.4 is 4.74 Å². The summed E-state index contributed by atoms with van der Waals surface area (Å²) in [4.78, 5) is 0. The molecule has 0 radical (unpaired) electrons. The molecule has 2 rings (SSSR count). The molecule has 0 aliphatic carbocycles. The van der Waals surface area contributed by atoms with Crippen LogP contribution >= 0.6 is 11.6 Å². The third-order valence-electron chi connectivity index (χ3n) is 2.51. The molecular formula is C15H11ClO. The molecule has 1 nitrogen and oxygen atoms in total. The lowest BCUT2D eigenvalue weighted by Gasteiger charge is -2.07. The second kappa shape index (κ2) is 4.95. The van der Waals surface area contributed by atoms with Crippen LogP contribution in [0, 0.1) is 12.3 Å². The number of halogens is 1. The SMILES string of the molecule is C#Cc1cc(-c2cccc(Cl)c2)ccc1OC. The molecule has 0 aliphatic rings. The van der Waals surface area contributed by atoms with Gasteiger partial charge in [0, 0.05) is 5.02 Å². The van der Waals surface area contributed by atoms with Gasteiger partial charge in [0.25, 0.3) is 0 Å². The van der Waals surface area contributed by atoms with Crippen molar-refractivity contribution in [2.24, 2.45) is 0 Å². The number of methoxy groups -OCH3 is 1. The minimum Gasteiger partial charge on any atom is -0.495 e. The first kappa shape index (κ1) is 11.6. The van der Waals surface area contributed by atoms with Gasteiger partial charge in [-0.2, -0.15) is 0 Å². The van der Waals surface area contributed by atoms with Gasteiger partial charge in [-0.05, 0) is 35.4 Å². The first-order valence-corrected chi connectivity index (χ1v) is 5.53. The Balaban J connectivity index is 2.51. The van der Waals surface area contributed by atoms with E-state index in [1.807, 2.05) is 42.5 Å². The summed E-state index contributed by atoms with van der Waals surface area (Å²) in [5.41, 5.74) is 2.81. The van der Waals surface area contributed by atoms with Crippen molar-refractivity contribution < 1.29 is 4.74 Å². The molecule has 2 aromatic rings. The van der Waals surface area contributed by atoms with E-state index in [2.05, 4.69) is 5.92 Å². The maximum Gasteiger partial charge on any atom is 0.134 e. The van der Waals surface area contributed by atoms with Crippen molar-refractivity contribution in [2.75, 3.05) is 7.11 Å². The lowest BCUT2D eigenvalue weighted by atomic mass is 10.0. The van der Waals surface area contributed by atoms with Crippen LogP contribution in [-0.2, 0) is 0 Å². The van der Waals surface area contributed by atoms with Crippen molar-refractivity contribution in [3.63, 3.8) is 0 Å². The monoisotopic (exact) mass is 242 g/mol. The summed E-state index contributed by atoms with van der Waals surface area (Å²) < 4.78 is 5.18. The standard InChI is InChI=1S/C15H11ClO/c1-3-11-9-13(7-8-15(11)17-2)12-5-4-6-14(16)10-12/h1,4-10H,2H3. The van der Waals surface area contributed by atoms with Crippen LogP contribution in [0.15, 0.2) is 42.5 Å². The molecule has 0 N–H and O–H groups in total. The zero-order valence-corrected chi connectivity index (χ0v) is 10.2. The van der Waals surface area contributed by atoms with Gasteiger partial charge in [-0.25, -0.2) is 0 Å². The van der Waals surface area contributed by atoms with Crippen molar-refractivity contribution in [2.45, 2.75) is 0 Å². The van der Waals surface area contributed by atoms with Gasteiger partial charge in [0.2, 0.25) is 0 Å². The van der Waals surface area contributed by atoms with E-state index in [4.69, 9.17) is 22.8 Å². The molecule has 0 saturated heterocycles. The average Bonchev–Trinajstić information content (AvgIpc) is 2.38. The van der Waals surface area contributed by atoms with E-state index >= 15 is 0 Å². The lowest BCUT2D eigenvalue weighted by molar-refractivity contribution is 0.413. The minimum absolute atomic E-state index is 0.707. The van der Waals surface area contributed by atoms with E-state index in [1.165, 1.54) is 0 Å². The van der Waals surface area contributed by atoms with Crippen molar-refractivity contribution in [3.8, 4) is 29.2 Å². The Labute approximate surface area is 106 Å². The number of hydrogen-bond donors (Lipinski definition) is 0. The topological polar surface area (TPSA) is 9.23 Å². The van der Waals surface area contributed by atoms with E-state index in [9.17, 15) is 0 Å². The molecule has 0 aliphatic heterocycles. The first-order chi connectivity index (χ1) is 8.24. The average molecular weight is 243 g/mol. The van der Waals surface area contributed by atoms with Crippen LogP contribution in [0.1, 0.15) is 5.56 Å². The molecule has 0 fully saturated rings. The smallest absolute Gasteiger partial charge is 0.134 e. The highest BCUT2D eigenvalue weighted by Crippen LogP contribution is 2.27. The number of hydrogen-bond acceptors (Lipinski definition) is 1. The van der Waals surface area contributed by atoms with Crippen LogP contribution in [0.2, 0.25) is 5.02 Å². The predicted octanol–water partition coefficient (Wildman–Crippen LogP) is 4.00. The number of terminal acetylenes is 1. The summed E-state index contributed by atoms with van der Waals surface area (Å²) in [5, 5.41) is 0.709. The van der Waals surface area contributed by atoms with Crippen LogP contribution in [0.5, 0.6) is 5.75 Å². The maximum atomic E-state index is 5.96. The Kier molecular flexibility index (Phi) is 3.37. The molecule has 0 bridgehead atoms. The minimum atomic E-state index is 0.707. The summed E-state index contributed by atoms with van der Waals surface area (Å²) in [5.74, 6) is 3.32. The van der Waals surface area contributed by atoms with Crippen LogP contribution in [-0.4, -0.2) is 7.11 Å². The molecule has 0 heterocycles. The van der Waals surface area contributed by atoms with Gasteiger partial charge in [-0.15, -0.1) is 6.42 Å². The van der Waals surface area contributed by atoms with Gasteiger partial charge < -0.3 is 4.74 Å². The van der Waals surface area contributed by atoms with E-state index in [0.29, 0.717) is 10.8 Å². The maximum absolute atomic E-state index is 5.96. The molecule has 0 atom stereocenters. The molecular weight excluding hydrogens is 232 g/mol. The van der Waals surface area contributed by atoms with Gasteiger partial charge in [0.1, 0.15) is 5.75 Å². The molecule has 17 heavy (non-hydrogen) atoms. The van der Waals surface area contributed by atoms with Gasteiger partial charge in [-0.1, -0.05) is 35.7 Å². The Morgan fingerprint density at radius 1 is 1.12 bits per heavy atom. The van der Waals surface area contributed by atoms with Crippen LogP contribution in [0.4, 0.5) is 0 Å². The van der Waals surface area contributed by atoms with E-state index < -0.39 is 0 Å². The fourth-order valence-electron chi connectivity index (χ4n) is 1.67. The Morgan fingerprint density at radius 3 is 2.53 bits per heavy atom. The van der Waals surface area contributed by atoms with Crippen molar-refractivity contribution >= 4 is 11.6 Å². The van der Waals surface area contributed by atoms with Crippen molar-refractivity contribution in [1.82, 2.24) is 0 Å². The van der Waals surface area contributed by atoms with Gasteiger partial charge in [0.05, 0.1) is 12.7 Å². The van der Waals surface area contributed by atoms with E-state index in [1.54, 1.807) is 7.11 Å². The molecule has 0 saturated carbocycles. The number of ether oxygens (including phenoxy) is 1. The number of benzene rings is 2. The van der Waals surface area contributed by atoms with E-state index in [0.717, 1.165) is 16.7 Å². The highest BCUT2D eigenvalue weighted by Gasteiger charge is 2.04. The molecule has 0 unspecified atom stereocenters. The summed E-state index contributed by atoms with van der Waals surface area (Å²) in [6, 6.07) is 13.4. The van der Waals surface area contributed by atoms with Gasteiger partial charge >= 0.3 is 0 Å². The third-order valence-corrected chi connectivity index (χ3v) is 2.75. The largest absolute Gasteiger partial charge is 0.495 e. The zero-order chi connectivity index (χ0) is 12.3. The molecule has 0 aromatic heterocycles. The van der Waals surface area contributed by atoms with Crippen molar-refractivity contribution in [1.29, 1.82) is 0 Å².